The van der Waals surface area contributed by atoms with Crippen LogP contribution in [-0.2, 0) is 15.9 Å². The molecule has 0 aromatic carbocycles. The molecule has 102 valence electrons. The Morgan fingerprint density at radius 3 is 2.50 bits per heavy atom. The Morgan fingerprint density at radius 1 is 1.33 bits per heavy atom. The van der Waals surface area contributed by atoms with Crippen LogP contribution in [0.2, 0.25) is 0 Å². The van der Waals surface area contributed by atoms with Crippen LogP contribution >= 0.6 is 15.9 Å². The third kappa shape index (κ3) is 4.99. The third-order valence-electron chi connectivity index (χ3n) is 2.42. The Morgan fingerprint density at radius 2 is 2.00 bits per heavy atom. The molecule has 1 unspecified atom stereocenters. The first-order chi connectivity index (χ1) is 8.71. The molecule has 3 N–H and O–H groups in total. The molecule has 0 spiro atoms. The number of nitrogens with zero attached hydrogens (tertiary/aromatic N) is 1. The van der Waals surface area contributed by atoms with E-state index in [9.17, 15) is 0 Å². The molecular formula is C12H20BrN3O2. The summed E-state index contributed by atoms with van der Waals surface area (Å²) in [5.41, 5.74) is 3.81. The second kappa shape index (κ2) is 8.55. The fraction of sp³-hybridized carbons (Fsp3) is 0.583. The van der Waals surface area contributed by atoms with Crippen molar-refractivity contribution in [2.24, 2.45) is 5.84 Å². The van der Waals surface area contributed by atoms with Crippen molar-refractivity contribution in [3.05, 3.63) is 28.5 Å². The number of aromatic nitrogens is 1. The Hall–Kier alpha value is -0.530. The molecule has 0 bridgehead atoms. The summed E-state index contributed by atoms with van der Waals surface area (Å²) in [4.78, 5) is 4.13. The lowest BCUT2D eigenvalue weighted by atomic mass is 10.1. The highest BCUT2D eigenvalue weighted by Gasteiger charge is 2.21. The number of hydrogen-bond acceptors (Lipinski definition) is 5. The minimum absolute atomic E-state index is 0.110. The molecule has 0 saturated heterocycles. The fourth-order valence-electron chi connectivity index (χ4n) is 1.66. The number of pyridine rings is 1. The van der Waals surface area contributed by atoms with Crippen molar-refractivity contribution < 1.29 is 9.47 Å². The number of hydrogen-bond donors (Lipinski definition) is 2. The minimum Gasteiger partial charge on any atom is -0.351 e. The van der Waals surface area contributed by atoms with Gasteiger partial charge in [0, 0.05) is 30.1 Å². The molecule has 0 fully saturated rings. The van der Waals surface area contributed by atoms with Crippen LogP contribution in [-0.4, -0.2) is 30.5 Å². The summed E-state index contributed by atoms with van der Waals surface area (Å²) in [6.07, 6.45) is 3.89. The largest absolute Gasteiger partial charge is 0.351 e. The quantitative estimate of drug-likeness (QED) is 0.433. The Bertz CT molecular complexity index is 346. The zero-order chi connectivity index (χ0) is 13.4. The first-order valence-electron chi connectivity index (χ1n) is 6.00. The summed E-state index contributed by atoms with van der Waals surface area (Å²) in [6.45, 7) is 5.03. The van der Waals surface area contributed by atoms with Crippen molar-refractivity contribution in [1.82, 2.24) is 10.4 Å². The van der Waals surface area contributed by atoms with E-state index in [1.807, 2.05) is 26.1 Å². The van der Waals surface area contributed by atoms with Crippen molar-refractivity contribution in [1.29, 1.82) is 0 Å². The lowest BCUT2D eigenvalue weighted by Crippen LogP contribution is -2.48. The molecule has 18 heavy (non-hydrogen) atoms. The molecule has 0 radical (unpaired) electrons. The van der Waals surface area contributed by atoms with Gasteiger partial charge in [-0.3, -0.25) is 16.3 Å². The molecule has 1 heterocycles. The lowest BCUT2D eigenvalue weighted by molar-refractivity contribution is -0.153. The average molecular weight is 318 g/mol. The van der Waals surface area contributed by atoms with E-state index in [1.54, 1.807) is 6.20 Å². The SMILES string of the molecule is CCOC(OCC)C(Cc1cncc(Br)c1)NN. The van der Waals surface area contributed by atoms with E-state index in [-0.39, 0.29) is 12.3 Å². The molecule has 6 heteroatoms. The van der Waals surface area contributed by atoms with Gasteiger partial charge in [-0.1, -0.05) is 0 Å². The molecule has 1 aromatic heterocycles. The number of nitrogens with one attached hydrogen (secondary N) is 1. The van der Waals surface area contributed by atoms with Crippen LogP contribution in [0.5, 0.6) is 0 Å². The molecule has 5 nitrogen and oxygen atoms in total. The van der Waals surface area contributed by atoms with Gasteiger partial charge in [0.15, 0.2) is 6.29 Å². The van der Waals surface area contributed by atoms with Gasteiger partial charge in [-0.05, 0) is 47.8 Å². The topological polar surface area (TPSA) is 69.4 Å². The maximum absolute atomic E-state index is 5.58. The van der Waals surface area contributed by atoms with Gasteiger partial charge in [0.25, 0.3) is 0 Å². The first kappa shape index (κ1) is 15.5. The molecule has 0 aliphatic heterocycles. The summed E-state index contributed by atoms with van der Waals surface area (Å²) in [5, 5.41) is 0. The molecule has 0 aliphatic carbocycles. The first-order valence-corrected chi connectivity index (χ1v) is 6.79. The Labute approximate surface area is 116 Å². The van der Waals surface area contributed by atoms with Crippen LogP contribution in [0.3, 0.4) is 0 Å². The zero-order valence-electron chi connectivity index (χ0n) is 10.7. The number of halogens is 1. The van der Waals surface area contributed by atoms with Crippen molar-refractivity contribution in [2.75, 3.05) is 13.2 Å². The maximum atomic E-state index is 5.58. The van der Waals surface area contributed by atoms with Gasteiger partial charge in [-0.2, -0.15) is 0 Å². The normalized spacial score (nSPS) is 12.9. The highest BCUT2D eigenvalue weighted by molar-refractivity contribution is 9.10. The van der Waals surface area contributed by atoms with Crippen LogP contribution in [0, 0.1) is 0 Å². The molecule has 1 atom stereocenters. The Balaban J connectivity index is 2.69. The summed E-state index contributed by atoms with van der Waals surface area (Å²) in [5.74, 6) is 5.58. The lowest BCUT2D eigenvalue weighted by Gasteiger charge is -2.26. The van der Waals surface area contributed by atoms with Gasteiger partial charge in [0.05, 0.1) is 6.04 Å². The van der Waals surface area contributed by atoms with Crippen LogP contribution in [0.4, 0.5) is 0 Å². The number of ether oxygens (including phenoxy) is 2. The maximum Gasteiger partial charge on any atom is 0.174 e. The molecule has 1 rings (SSSR count). The Kier molecular flexibility index (Phi) is 7.38. The highest BCUT2D eigenvalue weighted by atomic mass is 79.9. The third-order valence-corrected chi connectivity index (χ3v) is 2.86. The predicted octanol–water partition coefficient (Wildman–Crippen LogP) is 1.62. The average Bonchev–Trinajstić information content (AvgIpc) is 2.36. The van der Waals surface area contributed by atoms with E-state index in [1.165, 1.54) is 0 Å². The van der Waals surface area contributed by atoms with Crippen molar-refractivity contribution in [2.45, 2.75) is 32.6 Å². The van der Waals surface area contributed by atoms with Crippen LogP contribution in [0.15, 0.2) is 22.9 Å². The van der Waals surface area contributed by atoms with Gasteiger partial charge in [0.2, 0.25) is 0 Å². The molecule has 0 aliphatic rings. The monoisotopic (exact) mass is 317 g/mol. The molecular weight excluding hydrogens is 298 g/mol. The van der Waals surface area contributed by atoms with E-state index >= 15 is 0 Å². The van der Waals surface area contributed by atoms with Crippen LogP contribution < -0.4 is 11.3 Å². The van der Waals surface area contributed by atoms with Gasteiger partial charge >= 0.3 is 0 Å². The zero-order valence-corrected chi connectivity index (χ0v) is 12.3. The van der Waals surface area contributed by atoms with Crippen molar-refractivity contribution in [3.8, 4) is 0 Å². The second-order valence-corrected chi connectivity index (χ2v) is 4.68. The minimum atomic E-state index is -0.357. The van der Waals surface area contributed by atoms with E-state index in [4.69, 9.17) is 15.3 Å². The van der Waals surface area contributed by atoms with Crippen LogP contribution in [0.25, 0.3) is 0 Å². The van der Waals surface area contributed by atoms with E-state index in [0.29, 0.717) is 19.6 Å². The summed E-state index contributed by atoms with van der Waals surface area (Å²) >= 11 is 3.40. The smallest absolute Gasteiger partial charge is 0.174 e. The van der Waals surface area contributed by atoms with Gasteiger partial charge < -0.3 is 9.47 Å². The van der Waals surface area contributed by atoms with Crippen molar-refractivity contribution in [3.63, 3.8) is 0 Å². The number of nitrogens with two attached hydrogens (primary N) is 1. The molecule has 0 amide bonds. The number of rotatable bonds is 8. The highest BCUT2D eigenvalue weighted by Crippen LogP contribution is 2.13. The standard InChI is InChI=1S/C12H20BrN3O2/c1-3-17-12(18-4-2)11(16-14)6-9-5-10(13)8-15-7-9/h5,7-8,11-12,16H,3-4,6,14H2,1-2H3. The fourth-order valence-corrected chi connectivity index (χ4v) is 2.08. The van der Waals surface area contributed by atoms with Gasteiger partial charge in [-0.15, -0.1) is 0 Å². The van der Waals surface area contributed by atoms with Gasteiger partial charge in [-0.25, -0.2) is 0 Å². The van der Waals surface area contributed by atoms with E-state index in [0.717, 1.165) is 10.0 Å². The second-order valence-electron chi connectivity index (χ2n) is 3.77. The van der Waals surface area contributed by atoms with Crippen LogP contribution in [0.1, 0.15) is 19.4 Å². The molecule has 0 saturated carbocycles. The summed E-state index contributed by atoms with van der Waals surface area (Å²) in [6, 6.07) is 1.90. The van der Waals surface area contributed by atoms with E-state index in [2.05, 4.69) is 26.3 Å². The van der Waals surface area contributed by atoms with Crippen molar-refractivity contribution >= 4 is 15.9 Å². The molecule has 1 aromatic rings. The predicted molar refractivity (Wildman–Crippen MR) is 73.8 cm³/mol. The van der Waals surface area contributed by atoms with E-state index < -0.39 is 0 Å². The summed E-state index contributed by atoms with van der Waals surface area (Å²) < 4.78 is 12.0. The summed E-state index contributed by atoms with van der Waals surface area (Å²) in [7, 11) is 0. The van der Waals surface area contributed by atoms with Gasteiger partial charge in [0.1, 0.15) is 0 Å². The number of hydrazine groups is 1.